The van der Waals surface area contributed by atoms with Crippen molar-refractivity contribution in [1.82, 2.24) is 4.57 Å². The molecule has 4 nitrogen and oxygen atoms in total. The summed E-state index contributed by atoms with van der Waals surface area (Å²) in [6, 6.07) is 11.6. The number of benzene rings is 1. The third-order valence-electron chi connectivity index (χ3n) is 5.00. The Kier molecular flexibility index (Phi) is 5.37. The van der Waals surface area contributed by atoms with Crippen molar-refractivity contribution in [2.24, 2.45) is 0 Å². The number of methoxy groups -OCH3 is 1. The van der Waals surface area contributed by atoms with E-state index in [9.17, 15) is 9.59 Å². The number of rotatable bonds is 5. The molecule has 0 fully saturated rings. The summed E-state index contributed by atoms with van der Waals surface area (Å²) < 4.78 is 7.00. The van der Waals surface area contributed by atoms with Gasteiger partial charge in [0.2, 0.25) is 5.78 Å². The van der Waals surface area contributed by atoms with Crippen LogP contribution in [-0.4, -0.2) is 23.4 Å². The second kappa shape index (κ2) is 7.68. The molecule has 2 heterocycles. The number of hydrogen-bond acceptors (Lipinski definition) is 3. The van der Waals surface area contributed by atoms with Crippen molar-refractivity contribution < 1.29 is 14.3 Å². The van der Waals surface area contributed by atoms with Gasteiger partial charge in [0.25, 0.3) is 0 Å². The molecule has 1 aromatic heterocycles. The zero-order valence-corrected chi connectivity index (χ0v) is 15.0. The van der Waals surface area contributed by atoms with Gasteiger partial charge in [0.1, 0.15) is 0 Å². The monoisotopic (exact) mass is 339 g/mol. The van der Waals surface area contributed by atoms with Crippen molar-refractivity contribution in [3.05, 3.63) is 58.9 Å². The summed E-state index contributed by atoms with van der Waals surface area (Å²) in [6.07, 6.45) is 4.59. The first-order valence-electron chi connectivity index (χ1n) is 9.07. The number of ketones is 1. The van der Waals surface area contributed by atoms with Gasteiger partial charge >= 0.3 is 5.97 Å². The molecular weight excluding hydrogens is 314 g/mol. The predicted molar refractivity (Wildman–Crippen MR) is 96.9 cm³/mol. The normalized spacial score (nSPS) is 16.8. The predicted octanol–water partition coefficient (Wildman–Crippen LogP) is 4.11. The number of carbonyl (C=O) groups is 2. The van der Waals surface area contributed by atoms with Crippen LogP contribution in [0.4, 0.5) is 0 Å². The molecule has 1 aromatic carbocycles. The minimum Gasteiger partial charge on any atom is -0.469 e. The third-order valence-corrected chi connectivity index (χ3v) is 5.00. The molecule has 0 spiro atoms. The lowest BCUT2D eigenvalue weighted by molar-refractivity contribution is -0.142. The topological polar surface area (TPSA) is 48.3 Å². The largest absolute Gasteiger partial charge is 0.469 e. The lowest BCUT2D eigenvalue weighted by Crippen LogP contribution is -2.18. The summed E-state index contributed by atoms with van der Waals surface area (Å²) in [5.41, 5.74) is 3.43. The van der Waals surface area contributed by atoms with Gasteiger partial charge in [-0.1, -0.05) is 44.0 Å². The van der Waals surface area contributed by atoms with Gasteiger partial charge in [-0.25, -0.2) is 0 Å². The maximum absolute atomic E-state index is 13.2. The lowest BCUT2D eigenvalue weighted by atomic mass is 9.98. The fraction of sp³-hybridized carbons (Fsp3) is 0.429. The molecule has 1 unspecified atom stereocenters. The Hall–Kier alpha value is -2.36. The molecule has 1 aliphatic heterocycles. The first kappa shape index (κ1) is 17.5. The van der Waals surface area contributed by atoms with E-state index in [2.05, 4.69) is 6.92 Å². The first-order chi connectivity index (χ1) is 12.2. The van der Waals surface area contributed by atoms with Gasteiger partial charge in [0.05, 0.1) is 18.7 Å². The molecule has 1 aliphatic rings. The van der Waals surface area contributed by atoms with Crippen molar-refractivity contribution in [3.8, 4) is 0 Å². The van der Waals surface area contributed by atoms with Gasteiger partial charge in [0.15, 0.2) is 0 Å². The highest BCUT2D eigenvalue weighted by atomic mass is 16.5. The van der Waals surface area contributed by atoms with Crippen molar-refractivity contribution >= 4 is 11.8 Å². The highest BCUT2D eigenvalue weighted by Gasteiger charge is 2.29. The molecule has 4 heteroatoms. The van der Waals surface area contributed by atoms with Crippen LogP contribution in [0.25, 0.3) is 0 Å². The second-order valence-electron chi connectivity index (χ2n) is 6.60. The van der Waals surface area contributed by atoms with Gasteiger partial charge in [-0.2, -0.15) is 0 Å². The average molecular weight is 339 g/mol. The summed E-state index contributed by atoms with van der Waals surface area (Å²) in [5.74, 6) is -0.451. The lowest BCUT2D eigenvalue weighted by Gasteiger charge is -2.15. The highest BCUT2D eigenvalue weighted by molar-refractivity contribution is 6.09. The summed E-state index contributed by atoms with van der Waals surface area (Å²) in [4.78, 5) is 25.3. The van der Waals surface area contributed by atoms with Crippen LogP contribution < -0.4 is 0 Å². The summed E-state index contributed by atoms with van der Waals surface area (Å²) >= 11 is 0. The molecule has 0 saturated carbocycles. The number of fused-ring (bicyclic) bond motifs is 1. The van der Waals surface area contributed by atoms with Gasteiger partial charge in [0, 0.05) is 17.8 Å². The van der Waals surface area contributed by atoms with Crippen LogP contribution in [0.5, 0.6) is 0 Å². The molecule has 25 heavy (non-hydrogen) atoms. The van der Waals surface area contributed by atoms with E-state index in [1.165, 1.54) is 7.11 Å². The fourth-order valence-electron chi connectivity index (χ4n) is 3.75. The van der Waals surface area contributed by atoms with E-state index in [-0.39, 0.29) is 17.7 Å². The molecule has 0 amide bonds. The number of ether oxygens (including phenoxy) is 1. The number of carbonyl (C=O) groups excluding carboxylic acids is 2. The van der Waals surface area contributed by atoms with Crippen molar-refractivity contribution in [2.75, 3.05) is 7.11 Å². The van der Waals surface area contributed by atoms with Crippen molar-refractivity contribution in [1.29, 1.82) is 0 Å². The van der Waals surface area contributed by atoms with Gasteiger partial charge < -0.3 is 9.30 Å². The van der Waals surface area contributed by atoms with E-state index in [1.807, 2.05) is 41.0 Å². The summed E-state index contributed by atoms with van der Waals surface area (Å²) in [5, 5.41) is 0. The number of aryl methyl sites for hydroxylation is 1. The van der Waals surface area contributed by atoms with E-state index >= 15 is 0 Å². The van der Waals surface area contributed by atoms with Gasteiger partial charge in [-0.15, -0.1) is 0 Å². The molecule has 1 atom stereocenters. The smallest absolute Gasteiger partial charge is 0.314 e. The molecule has 0 bridgehead atoms. The Bertz CT molecular complexity index is 775. The summed E-state index contributed by atoms with van der Waals surface area (Å²) in [7, 11) is 1.42. The Balaban J connectivity index is 2.01. The van der Waals surface area contributed by atoms with Crippen LogP contribution in [-0.2, 0) is 22.5 Å². The molecule has 0 radical (unpaired) electrons. The highest BCUT2D eigenvalue weighted by Crippen LogP contribution is 2.31. The molecule has 2 aromatic rings. The molecular formula is C21H25NO3. The van der Waals surface area contributed by atoms with E-state index < -0.39 is 0 Å². The molecule has 3 rings (SSSR count). The molecule has 132 valence electrons. The van der Waals surface area contributed by atoms with E-state index in [1.54, 1.807) is 0 Å². The van der Waals surface area contributed by atoms with Crippen LogP contribution in [0.3, 0.4) is 0 Å². The minimum absolute atomic E-state index is 0.0424. The number of aromatic nitrogens is 1. The van der Waals surface area contributed by atoms with Gasteiger partial charge in [-0.05, 0) is 37.0 Å². The minimum atomic E-state index is -0.278. The molecule has 0 aliphatic carbocycles. The third kappa shape index (κ3) is 3.39. The Morgan fingerprint density at radius 3 is 2.72 bits per heavy atom. The maximum atomic E-state index is 13.2. The fourth-order valence-corrected chi connectivity index (χ4v) is 3.75. The Morgan fingerprint density at radius 1 is 1.16 bits per heavy atom. The van der Waals surface area contributed by atoms with E-state index in [4.69, 9.17) is 4.74 Å². The van der Waals surface area contributed by atoms with Crippen LogP contribution in [0.1, 0.15) is 65.8 Å². The molecule has 0 saturated heterocycles. The maximum Gasteiger partial charge on any atom is 0.314 e. The summed E-state index contributed by atoms with van der Waals surface area (Å²) in [6.45, 7) is 2.89. The first-order valence-corrected chi connectivity index (χ1v) is 9.07. The van der Waals surface area contributed by atoms with Crippen molar-refractivity contribution in [2.45, 2.75) is 51.5 Å². The SMILES string of the molecule is CCCc1ccccc1C(=O)c1ccc2n1CCCCC2C(=O)OC. The van der Waals surface area contributed by atoms with Crippen molar-refractivity contribution in [3.63, 3.8) is 0 Å². The molecule has 0 N–H and O–H groups in total. The van der Waals surface area contributed by atoms with Crippen LogP contribution in [0, 0.1) is 0 Å². The van der Waals surface area contributed by atoms with Crippen LogP contribution in [0.15, 0.2) is 36.4 Å². The zero-order chi connectivity index (χ0) is 17.8. The Labute approximate surface area is 148 Å². The Morgan fingerprint density at radius 2 is 1.96 bits per heavy atom. The average Bonchev–Trinajstić information content (AvgIpc) is 2.93. The zero-order valence-electron chi connectivity index (χ0n) is 15.0. The van der Waals surface area contributed by atoms with Crippen LogP contribution >= 0.6 is 0 Å². The number of esters is 1. The standard InChI is InChI=1S/C21H25NO3/c1-3-8-15-9-4-5-10-16(15)20(23)19-13-12-18-17(21(24)25-2)11-6-7-14-22(18)19/h4-5,9-10,12-13,17H,3,6-8,11,14H2,1-2H3. The van der Waals surface area contributed by atoms with Gasteiger partial charge in [-0.3, -0.25) is 9.59 Å². The van der Waals surface area contributed by atoms with E-state index in [0.29, 0.717) is 5.69 Å². The van der Waals surface area contributed by atoms with Crippen LogP contribution in [0.2, 0.25) is 0 Å². The van der Waals surface area contributed by atoms with E-state index in [0.717, 1.165) is 55.5 Å². The number of hydrogen-bond donors (Lipinski definition) is 0. The number of nitrogens with zero attached hydrogens (tertiary/aromatic N) is 1. The quantitative estimate of drug-likeness (QED) is 0.608. The second-order valence-corrected chi connectivity index (χ2v) is 6.60.